The molecule has 2 heterocycles. The highest BCUT2D eigenvalue weighted by Crippen LogP contribution is 2.29. The number of benzene rings is 3. The molecule has 3 aromatic carbocycles. The van der Waals surface area contributed by atoms with Crippen LogP contribution in [-0.2, 0) is 15.9 Å². The van der Waals surface area contributed by atoms with E-state index in [0.717, 1.165) is 27.6 Å². The number of anilines is 1. The molecule has 10 heteroatoms. The number of alkyl carbamates (subject to hydrolysis) is 1. The largest absolute Gasteiger partial charge is 0.465 e. The Labute approximate surface area is 242 Å². The molecule has 0 spiro atoms. The molecular weight excluding hydrogens is 534 g/mol. The Morgan fingerprint density at radius 2 is 1.86 bits per heavy atom. The Hall–Kier alpha value is -5.30. The van der Waals surface area contributed by atoms with E-state index in [1.165, 1.54) is 13.5 Å². The van der Waals surface area contributed by atoms with Crippen molar-refractivity contribution < 1.29 is 23.5 Å². The fraction of sp³-hybridized carbons (Fsp3) is 0.250. The van der Waals surface area contributed by atoms with E-state index < -0.39 is 29.7 Å². The van der Waals surface area contributed by atoms with Crippen LogP contribution in [0.25, 0.3) is 33.1 Å². The Balaban J connectivity index is 1.48. The minimum atomic E-state index is -0.938. The summed E-state index contributed by atoms with van der Waals surface area (Å²) in [6.07, 6.45) is 2.91. The van der Waals surface area contributed by atoms with Crippen LogP contribution in [-0.4, -0.2) is 46.8 Å². The number of rotatable bonds is 8. The highest BCUT2D eigenvalue weighted by Gasteiger charge is 2.28. The number of para-hydroxylation sites is 1. The second-order valence-electron chi connectivity index (χ2n) is 10.9. The van der Waals surface area contributed by atoms with Crippen LogP contribution in [0.1, 0.15) is 36.7 Å². The normalized spacial score (nSPS) is 12.8. The van der Waals surface area contributed by atoms with Gasteiger partial charge in [0.15, 0.2) is 12.0 Å². The number of nitrogens with zero attached hydrogens (tertiary/aromatic N) is 2. The number of ether oxygens (including phenoxy) is 2. The number of methoxy groups -OCH3 is 1. The summed E-state index contributed by atoms with van der Waals surface area (Å²) < 4.78 is 15.9. The minimum Gasteiger partial charge on any atom is -0.465 e. The second kappa shape index (κ2) is 11.7. The van der Waals surface area contributed by atoms with Gasteiger partial charge in [0.05, 0.1) is 24.8 Å². The van der Waals surface area contributed by atoms with Gasteiger partial charge >= 0.3 is 12.1 Å². The number of carbonyl (C=O) groups is 2. The number of nitriles is 1. The summed E-state index contributed by atoms with van der Waals surface area (Å²) in [7, 11) is 1.30. The second-order valence-corrected chi connectivity index (χ2v) is 10.9. The van der Waals surface area contributed by atoms with Gasteiger partial charge < -0.3 is 29.5 Å². The summed E-state index contributed by atoms with van der Waals surface area (Å²) >= 11 is 0. The van der Waals surface area contributed by atoms with Crippen LogP contribution in [0.3, 0.4) is 0 Å². The molecule has 0 unspecified atom stereocenters. The molecule has 0 aliphatic rings. The Morgan fingerprint density at radius 1 is 1.10 bits per heavy atom. The predicted octanol–water partition coefficient (Wildman–Crippen LogP) is 6.20. The lowest BCUT2D eigenvalue weighted by molar-refractivity contribution is 0.0501. The van der Waals surface area contributed by atoms with Crippen LogP contribution in [0.5, 0.6) is 0 Å². The summed E-state index contributed by atoms with van der Waals surface area (Å²) in [6, 6.07) is 19.2. The molecule has 0 saturated carbocycles. The molecule has 0 aliphatic carbocycles. The van der Waals surface area contributed by atoms with Crippen molar-refractivity contribution in [1.82, 2.24) is 15.3 Å². The molecular formula is C32H31N5O5. The minimum absolute atomic E-state index is 0.235. The van der Waals surface area contributed by atoms with Crippen molar-refractivity contribution in [2.45, 2.75) is 44.9 Å². The first-order valence-electron chi connectivity index (χ1n) is 13.4. The summed E-state index contributed by atoms with van der Waals surface area (Å²) in [5.41, 5.74) is 4.67. The van der Waals surface area contributed by atoms with Gasteiger partial charge in [0.25, 0.3) is 0 Å². The van der Waals surface area contributed by atoms with Crippen molar-refractivity contribution in [2.24, 2.45) is 0 Å². The van der Waals surface area contributed by atoms with E-state index in [9.17, 15) is 14.9 Å². The van der Waals surface area contributed by atoms with E-state index in [4.69, 9.17) is 13.9 Å². The van der Waals surface area contributed by atoms with E-state index in [1.54, 1.807) is 32.9 Å². The first kappa shape index (κ1) is 28.2. The van der Waals surface area contributed by atoms with Crippen LogP contribution in [0.2, 0.25) is 0 Å². The molecule has 2 aromatic heterocycles. The number of aromatic nitrogens is 2. The van der Waals surface area contributed by atoms with Gasteiger partial charge in [-0.2, -0.15) is 5.26 Å². The number of amides is 1. The van der Waals surface area contributed by atoms with E-state index in [2.05, 4.69) is 26.7 Å². The topological polar surface area (TPSA) is 142 Å². The molecule has 0 aliphatic heterocycles. The number of hydrogen-bond acceptors (Lipinski definition) is 8. The van der Waals surface area contributed by atoms with Crippen LogP contribution >= 0.6 is 0 Å². The number of oxazole rings is 1. The van der Waals surface area contributed by atoms with Gasteiger partial charge in [0.2, 0.25) is 0 Å². The lowest BCUT2D eigenvalue weighted by Gasteiger charge is -2.27. The van der Waals surface area contributed by atoms with E-state index >= 15 is 0 Å². The van der Waals surface area contributed by atoms with Gasteiger partial charge in [0.1, 0.15) is 17.2 Å². The number of nitrogens with one attached hydrogen (secondary N) is 3. The van der Waals surface area contributed by atoms with E-state index in [1.807, 2.05) is 54.7 Å². The van der Waals surface area contributed by atoms with Gasteiger partial charge in [-0.25, -0.2) is 14.6 Å². The zero-order chi connectivity index (χ0) is 29.9. The van der Waals surface area contributed by atoms with E-state index in [-0.39, 0.29) is 5.56 Å². The van der Waals surface area contributed by atoms with Crippen molar-refractivity contribution in [1.29, 1.82) is 5.26 Å². The van der Waals surface area contributed by atoms with Crippen LogP contribution in [0, 0.1) is 11.3 Å². The third-order valence-electron chi connectivity index (χ3n) is 6.76. The summed E-state index contributed by atoms with van der Waals surface area (Å²) in [5.74, 6) is -0.577. The number of carbonyl (C=O) groups excluding carboxylic acids is 2. The first-order valence-corrected chi connectivity index (χ1v) is 13.4. The molecule has 0 radical (unpaired) electrons. The predicted molar refractivity (Wildman–Crippen MR) is 159 cm³/mol. The van der Waals surface area contributed by atoms with Crippen LogP contribution in [0.4, 0.5) is 10.5 Å². The number of esters is 1. The molecule has 1 amide bonds. The quantitative estimate of drug-likeness (QED) is 0.189. The zero-order valence-corrected chi connectivity index (χ0v) is 23.7. The molecule has 5 aromatic rings. The molecule has 2 atom stereocenters. The maximum absolute atomic E-state index is 12.9. The average Bonchev–Trinajstić information content (AvgIpc) is 3.61. The third-order valence-corrected chi connectivity index (χ3v) is 6.76. The molecule has 0 saturated heterocycles. The highest BCUT2D eigenvalue weighted by atomic mass is 16.6. The van der Waals surface area contributed by atoms with Crippen molar-refractivity contribution in [3.05, 3.63) is 84.4 Å². The summed E-state index contributed by atoms with van der Waals surface area (Å²) in [6.45, 7) is 5.31. The van der Waals surface area contributed by atoms with Gasteiger partial charge in [0, 0.05) is 22.8 Å². The number of aromatic amines is 1. The lowest BCUT2D eigenvalue weighted by atomic mass is 9.97. The molecule has 214 valence electrons. The summed E-state index contributed by atoms with van der Waals surface area (Å²) in [5, 5.41) is 17.3. The lowest BCUT2D eigenvalue weighted by Crippen LogP contribution is -2.49. The molecule has 0 fully saturated rings. The van der Waals surface area contributed by atoms with Crippen LogP contribution < -0.4 is 10.6 Å². The zero-order valence-electron chi connectivity index (χ0n) is 23.7. The Bertz CT molecular complexity index is 1790. The maximum atomic E-state index is 12.9. The monoisotopic (exact) mass is 565 g/mol. The molecule has 10 nitrogen and oxygen atoms in total. The van der Waals surface area contributed by atoms with Crippen LogP contribution in [0.15, 0.2) is 77.7 Å². The smallest absolute Gasteiger partial charge is 0.407 e. The third kappa shape index (κ3) is 6.20. The fourth-order valence-corrected chi connectivity index (χ4v) is 4.80. The first-order chi connectivity index (χ1) is 20.1. The number of hydrogen-bond donors (Lipinski definition) is 3. The van der Waals surface area contributed by atoms with Gasteiger partial charge in [-0.05, 0) is 74.2 Å². The SMILES string of the molecule is COC(=O)c1cc(-c2ccc3ocnc3c2)ccc1N[C@@H](C#N)[C@H](Cc1c[nH]c2ccccc12)NC(=O)OC(C)(C)C. The number of H-pyrrole nitrogens is 1. The molecule has 42 heavy (non-hydrogen) atoms. The number of fused-ring (bicyclic) bond motifs is 2. The van der Waals surface area contributed by atoms with Crippen molar-refractivity contribution in [3.8, 4) is 17.2 Å². The van der Waals surface area contributed by atoms with E-state index in [0.29, 0.717) is 23.2 Å². The van der Waals surface area contributed by atoms with Crippen molar-refractivity contribution in [3.63, 3.8) is 0 Å². The average molecular weight is 566 g/mol. The van der Waals surface area contributed by atoms with Gasteiger partial charge in [-0.15, -0.1) is 0 Å². The van der Waals surface area contributed by atoms with Gasteiger partial charge in [-0.1, -0.05) is 30.3 Å². The Kier molecular flexibility index (Phi) is 7.84. The summed E-state index contributed by atoms with van der Waals surface area (Å²) in [4.78, 5) is 33.2. The van der Waals surface area contributed by atoms with Crippen molar-refractivity contribution >= 4 is 39.8 Å². The van der Waals surface area contributed by atoms with Gasteiger partial charge in [-0.3, -0.25) is 0 Å². The highest BCUT2D eigenvalue weighted by molar-refractivity contribution is 5.97. The van der Waals surface area contributed by atoms with Crippen molar-refractivity contribution in [2.75, 3.05) is 12.4 Å². The molecule has 5 rings (SSSR count). The fourth-order valence-electron chi connectivity index (χ4n) is 4.80. The molecule has 0 bridgehead atoms. The standard InChI is InChI=1S/C32H31N5O5/c1-32(2,3)42-31(39)37-26(15-21-17-34-24-8-6-5-7-22(21)24)28(16-33)36-25-11-9-19(13-23(25)30(38)40-4)20-10-12-29-27(14-20)35-18-41-29/h5-14,17-18,26,28,34,36H,15H2,1-4H3,(H,37,39)/t26-,28-/m0/s1. The molecule has 3 N–H and O–H groups in total. The maximum Gasteiger partial charge on any atom is 0.407 e. The Morgan fingerprint density at radius 3 is 2.62 bits per heavy atom.